The smallest absolute Gasteiger partial charge is 0.224 e. The minimum Gasteiger partial charge on any atom is -0.464 e. The summed E-state index contributed by atoms with van der Waals surface area (Å²) in [6, 6.07) is 9.77. The van der Waals surface area contributed by atoms with Crippen LogP contribution in [0.4, 0.5) is 0 Å². The standard InChI is InChI=1S/C17H16N2O2/c1-12-2-3-15-14(11-21-16(15)8-12)9-17(20)19-10-13-4-6-18-7-5-13/h2-8,11H,9-10H2,1H3,(H,19,20). The van der Waals surface area contributed by atoms with Crippen molar-refractivity contribution < 1.29 is 9.21 Å². The lowest BCUT2D eigenvalue weighted by molar-refractivity contribution is -0.120. The second kappa shape index (κ2) is 5.79. The summed E-state index contributed by atoms with van der Waals surface area (Å²) in [4.78, 5) is 16.0. The lowest BCUT2D eigenvalue weighted by Gasteiger charge is -2.04. The second-order valence-corrected chi connectivity index (χ2v) is 5.07. The van der Waals surface area contributed by atoms with Gasteiger partial charge in [0, 0.05) is 29.9 Å². The molecule has 1 amide bonds. The van der Waals surface area contributed by atoms with Crippen molar-refractivity contribution in [2.45, 2.75) is 19.9 Å². The maximum atomic E-state index is 12.0. The molecule has 0 aliphatic carbocycles. The summed E-state index contributed by atoms with van der Waals surface area (Å²) in [5.74, 6) is -0.0184. The zero-order chi connectivity index (χ0) is 14.7. The van der Waals surface area contributed by atoms with E-state index in [9.17, 15) is 4.79 Å². The number of nitrogens with one attached hydrogen (secondary N) is 1. The van der Waals surface area contributed by atoms with Crippen LogP contribution in [0, 0.1) is 6.92 Å². The molecule has 0 spiro atoms. The number of carbonyl (C=O) groups is 1. The van der Waals surface area contributed by atoms with Crippen LogP contribution >= 0.6 is 0 Å². The van der Waals surface area contributed by atoms with Gasteiger partial charge in [0.1, 0.15) is 5.58 Å². The van der Waals surface area contributed by atoms with Gasteiger partial charge in [-0.25, -0.2) is 0 Å². The molecule has 21 heavy (non-hydrogen) atoms. The highest BCUT2D eigenvalue weighted by atomic mass is 16.3. The molecule has 0 saturated heterocycles. The highest BCUT2D eigenvalue weighted by Crippen LogP contribution is 2.22. The van der Waals surface area contributed by atoms with E-state index in [2.05, 4.69) is 10.3 Å². The summed E-state index contributed by atoms with van der Waals surface area (Å²) < 4.78 is 5.51. The number of fused-ring (bicyclic) bond motifs is 1. The first-order chi connectivity index (χ1) is 10.2. The molecule has 4 nitrogen and oxygen atoms in total. The summed E-state index contributed by atoms with van der Waals surface area (Å²) in [5.41, 5.74) is 3.92. The third-order valence-corrected chi connectivity index (χ3v) is 3.40. The number of furan rings is 1. The van der Waals surface area contributed by atoms with Gasteiger partial charge in [0.25, 0.3) is 0 Å². The lowest BCUT2D eigenvalue weighted by atomic mass is 10.1. The number of benzene rings is 1. The fraction of sp³-hybridized carbons (Fsp3) is 0.176. The molecule has 2 heterocycles. The van der Waals surface area contributed by atoms with Crippen LogP contribution in [0.2, 0.25) is 0 Å². The van der Waals surface area contributed by atoms with Crippen molar-refractivity contribution in [3.8, 4) is 0 Å². The summed E-state index contributed by atoms with van der Waals surface area (Å²) in [6.07, 6.45) is 5.41. The number of hydrogen-bond acceptors (Lipinski definition) is 3. The first kappa shape index (κ1) is 13.4. The molecule has 0 fully saturated rings. The number of aromatic nitrogens is 1. The largest absolute Gasteiger partial charge is 0.464 e. The Morgan fingerprint density at radius 1 is 1.24 bits per heavy atom. The Hall–Kier alpha value is -2.62. The second-order valence-electron chi connectivity index (χ2n) is 5.07. The summed E-state index contributed by atoms with van der Waals surface area (Å²) in [6.45, 7) is 2.53. The molecular weight excluding hydrogens is 264 g/mol. The molecule has 0 saturated carbocycles. The van der Waals surface area contributed by atoms with Crippen molar-refractivity contribution in [1.29, 1.82) is 0 Å². The highest BCUT2D eigenvalue weighted by molar-refractivity contribution is 5.87. The van der Waals surface area contributed by atoms with E-state index in [-0.39, 0.29) is 5.91 Å². The zero-order valence-corrected chi connectivity index (χ0v) is 11.8. The molecule has 3 aromatic rings. The predicted molar refractivity (Wildman–Crippen MR) is 80.7 cm³/mol. The fourth-order valence-corrected chi connectivity index (χ4v) is 2.26. The first-order valence-electron chi connectivity index (χ1n) is 6.85. The van der Waals surface area contributed by atoms with Gasteiger partial charge in [-0.2, -0.15) is 0 Å². The molecule has 4 heteroatoms. The molecular formula is C17H16N2O2. The Balaban J connectivity index is 1.66. The van der Waals surface area contributed by atoms with Gasteiger partial charge in [0.15, 0.2) is 0 Å². The molecule has 1 aromatic carbocycles. The van der Waals surface area contributed by atoms with Crippen LogP contribution in [-0.2, 0) is 17.8 Å². The van der Waals surface area contributed by atoms with Crippen molar-refractivity contribution in [3.63, 3.8) is 0 Å². The third-order valence-electron chi connectivity index (χ3n) is 3.40. The van der Waals surface area contributed by atoms with Crippen LogP contribution in [0.5, 0.6) is 0 Å². The van der Waals surface area contributed by atoms with Crippen LogP contribution in [0.15, 0.2) is 53.4 Å². The van der Waals surface area contributed by atoms with E-state index in [1.165, 1.54) is 0 Å². The fourth-order valence-electron chi connectivity index (χ4n) is 2.26. The minimum absolute atomic E-state index is 0.0184. The SMILES string of the molecule is Cc1ccc2c(CC(=O)NCc3ccncc3)coc2c1. The monoisotopic (exact) mass is 280 g/mol. The summed E-state index contributed by atoms with van der Waals surface area (Å²) in [7, 11) is 0. The van der Waals surface area contributed by atoms with E-state index in [4.69, 9.17) is 4.42 Å². The van der Waals surface area contributed by atoms with E-state index >= 15 is 0 Å². The van der Waals surface area contributed by atoms with Gasteiger partial charge in [-0.15, -0.1) is 0 Å². The molecule has 0 aliphatic heterocycles. The Morgan fingerprint density at radius 3 is 2.86 bits per heavy atom. The van der Waals surface area contributed by atoms with Gasteiger partial charge in [-0.1, -0.05) is 12.1 Å². The predicted octanol–water partition coefficient (Wildman–Crippen LogP) is 3.00. The Labute approximate surface area is 122 Å². The molecule has 0 atom stereocenters. The first-order valence-corrected chi connectivity index (χ1v) is 6.85. The molecule has 1 N–H and O–H groups in total. The number of rotatable bonds is 4. The Morgan fingerprint density at radius 2 is 2.05 bits per heavy atom. The normalized spacial score (nSPS) is 10.7. The average molecular weight is 280 g/mol. The summed E-state index contributed by atoms with van der Waals surface area (Å²) in [5, 5.41) is 3.90. The Kier molecular flexibility index (Phi) is 3.69. The van der Waals surface area contributed by atoms with Gasteiger partial charge in [0.05, 0.1) is 12.7 Å². The van der Waals surface area contributed by atoms with Gasteiger partial charge < -0.3 is 9.73 Å². The van der Waals surface area contributed by atoms with Crippen LogP contribution in [0.3, 0.4) is 0 Å². The van der Waals surface area contributed by atoms with Crippen molar-refractivity contribution in [2.75, 3.05) is 0 Å². The van der Waals surface area contributed by atoms with Gasteiger partial charge >= 0.3 is 0 Å². The number of hydrogen-bond donors (Lipinski definition) is 1. The number of amides is 1. The molecule has 0 aliphatic rings. The molecule has 0 unspecified atom stereocenters. The average Bonchev–Trinajstić information content (AvgIpc) is 2.88. The van der Waals surface area contributed by atoms with Crippen molar-refractivity contribution in [3.05, 3.63) is 65.7 Å². The molecule has 106 valence electrons. The van der Waals surface area contributed by atoms with Gasteiger partial charge in [0.2, 0.25) is 5.91 Å². The number of carbonyl (C=O) groups excluding carboxylic acids is 1. The maximum absolute atomic E-state index is 12.0. The topological polar surface area (TPSA) is 55.1 Å². The highest BCUT2D eigenvalue weighted by Gasteiger charge is 2.10. The molecule has 0 bridgehead atoms. The van der Waals surface area contributed by atoms with Crippen LogP contribution in [0.1, 0.15) is 16.7 Å². The zero-order valence-electron chi connectivity index (χ0n) is 11.8. The molecule has 2 aromatic heterocycles. The number of nitrogens with zero attached hydrogens (tertiary/aromatic N) is 1. The third kappa shape index (κ3) is 3.11. The Bertz CT molecular complexity index is 763. The van der Waals surface area contributed by atoms with E-state index < -0.39 is 0 Å². The van der Waals surface area contributed by atoms with Crippen molar-refractivity contribution in [1.82, 2.24) is 10.3 Å². The van der Waals surface area contributed by atoms with Crippen LogP contribution in [-0.4, -0.2) is 10.9 Å². The van der Waals surface area contributed by atoms with Crippen LogP contribution < -0.4 is 5.32 Å². The van der Waals surface area contributed by atoms with E-state index in [1.54, 1.807) is 18.7 Å². The summed E-state index contributed by atoms with van der Waals surface area (Å²) >= 11 is 0. The van der Waals surface area contributed by atoms with E-state index in [0.29, 0.717) is 13.0 Å². The molecule has 3 rings (SSSR count). The quantitative estimate of drug-likeness (QED) is 0.799. The van der Waals surface area contributed by atoms with Crippen molar-refractivity contribution >= 4 is 16.9 Å². The number of pyridine rings is 1. The van der Waals surface area contributed by atoms with Gasteiger partial charge in [-0.3, -0.25) is 9.78 Å². The van der Waals surface area contributed by atoms with E-state index in [1.807, 2.05) is 37.3 Å². The lowest BCUT2D eigenvalue weighted by Crippen LogP contribution is -2.24. The molecule has 0 radical (unpaired) electrons. The maximum Gasteiger partial charge on any atom is 0.224 e. The number of aryl methyl sites for hydroxylation is 1. The van der Waals surface area contributed by atoms with Crippen molar-refractivity contribution in [2.24, 2.45) is 0 Å². The van der Waals surface area contributed by atoms with Crippen LogP contribution in [0.25, 0.3) is 11.0 Å². The minimum atomic E-state index is -0.0184. The van der Waals surface area contributed by atoms with E-state index in [0.717, 1.165) is 27.7 Å². The van der Waals surface area contributed by atoms with Gasteiger partial charge in [-0.05, 0) is 36.2 Å².